The molecule has 1 aromatic carbocycles. The van der Waals surface area contributed by atoms with Gasteiger partial charge in [-0.2, -0.15) is 4.31 Å². The van der Waals surface area contributed by atoms with Gasteiger partial charge in [0, 0.05) is 38.8 Å². The number of rotatable bonds is 10. The molecule has 6 rings (SSSR count). The molecule has 1 unspecified atom stereocenters. The third-order valence-corrected chi connectivity index (χ3v) is 12.1. The van der Waals surface area contributed by atoms with Gasteiger partial charge in [-0.15, -0.1) is 0 Å². The third kappa shape index (κ3) is 6.34. The van der Waals surface area contributed by atoms with Crippen molar-refractivity contribution in [3.63, 3.8) is 0 Å². The lowest BCUT2D eigenvalue weighted by atomic mass is 9.88. The first-order valence-electron chi connectivity index (χ1n) is 14.5. The van der Waals surface area contributed by atoms with E-state index in [1.165, 1.54) is 29.7 Å². The summed E-state index contributed by atoms with van der Waals surface area (Å²) in [4.78, 5) is 6.65. The van der Waals surface area contributed by atoms with Crippen LogP contribution in [-0.2, 0) is 24.8 Å². The van der Waals surface area contributed by atoms with Crippen molar-refractivity contribution < 1.29 is 36.2 Å². The molecule has 2 spiro atoms. The zero-order chi connectivity index (χ0) is 30.5. The molecule has 4 heterocycles. The van der Waals surface area contributed by atoms with Crippen molar-refractivity contribution >= 4 is 25.7 Å². The van der Waals surface area contributed by atoms with Crippen molar-refractivity contribution in [1.82, 2.24) is 19.3 Å². The summed E-state index contributed by atoms with van der Waals surface area (Å²) in [6.45, 7) is 2.14. The molecule has 0 amide bonds. The number of benzene rings is 1. The van der Waals surface area contributed by atoms with E-state index < -0.39 is 31.8 Å². The molecule has 2 atom stereocenters. The number of aliphatic hydroxyl groups excluding tert-OH is 1. The highest BCUT2D eigenvalue weighted by molar-refractivity contribution is 7.89. The first-order valence-corrected chi connectivity index (χ1v) is 17.5. The molecule has 2 saturated heterocycles. The summed E-state index contributed by atoms with van der Waals surface area (Å²) in [5.74, 6) is 0.838. The maximum atomic E-state index is 13.5. The van der Waals surface area contributed by atoms with Crippen molar-refractivity contribution in [3.05, 3.63) is 36.5 Å². The fourth-order valence-electron chi connectivity index (χ4n) is 6.08. The predicted molar refractivity (Wildman–Crippen MR) is 157 cm³/mol. The Labute approximate surface area is 252 Å². The third-order valence-electron chi connectivity index (χ3n) is 8.81. The lowest BCUT2D eigenvalue weighted by Gasteiger charge is -2.38. The number of nitrogens with zero attached hydrogens (tertiary/aromatic N) is 3. The molecule has 15 heteroatoms. The van der Waals surface area contributed by atoms with Crippen LogP contribution >= 0.6 is 0 Å². The molecule has 1 aliphatic carbocycles. The van der Waals surface area contributed by atoms with Crippen LogP contribution < -0.4 is 24.4 Å². The molecular formula is C28H39N5O8S2. The molecule has 3 N–H and O–H groups in total. The molecular weight excluding hydrogens is 598 g/mol. The summed E-state index contributed by atoms with van der Waals surface area (Å²) >= 11 is 0. The SMILES string of the molecule is CNS(=O)(=O)c1cccc(OCC(O)CN[C@H]2COC3(CCN(S(=O)(=O)c4cnc5c(c4)N(C)CC4(CC4)O5)CC3)C2)c1. The molecule has 2 aromatic rings. The van der Waals surface area contributed by atoms with Crippen molar-refractivity contribution in [2.75, 3.05) is 58.4 Å². The van der Waals surface area contributed by atoms with Crippen LogP contribution in [-0.4, -0.2) is 108 Å². The fraction of sp³-hybridized carbons (Fsp3) is 0.607. The molecule has 1 aromatic heterocycles. The van der Waals surface area contributed by atoms with Gasteiger partial charge in [0.1, 0.15) is 34.6 Å². The highest BCUT2D eigenvalue weighted by atomic mass is 32.2. The van der Waals surface area contributed by atoms with Gasteiger partial charge in [0.25, 0.3) is 0 Å². The standard InChI is InChI=1S/C28H39N5O8S2/c1-29-42(35,36)23-5-3-4-22(12-23)39-18-21(34)15-30-20-14-27(40-17-20)8-10-33(11-9-27)43(37,38)24-13-25-26(31-16-24)41-28(6-7-28)19-32(25)2/h3-5,12-13,16,20-21,29-30,34H,6-11,14-15,17-19H2,1-2H3/t20-,21?/m1/s1. The minimum absolute atomic E-state index is 0.0112. The molecule has 13 nitrogen and oxygen atoms in total. The smallest absolute Gasteiger partial charge is 0.244 e. The number of likely N-dealkylation sites (N-methyl/N-ethyl adjacent to an activating group) is 1. The van der Waals surface area contributed by atoms with Crippen molar-refractivity contribution in [2.45, 2.75) is 65.2 Å². The summed E-state index contributed by atoms with van der Waals surface area (Å²) in [7, 11) is -4.03. The van der Waals surface area contributed by atoms with Crippen molar-refractivity contribution in [1.29, 1.82) is 0 Å². The van der Waals surface area contributed by atoms with E-state index in [1.54, 1.807) is 18.2 Å². The average Bonchev–Trinajstić information content (AvgIpc) is 3.62. The van der Waals surface area contributed by atoms with Gasteiger partial charge >= 0.3 is 0 Å². The van der Waals surface area contributed by atoms with Crippen molar-refractivity contribution in [3.8, 4) is 11.6 Å². The van der Waals surface area contributed by atoms with Crippen LogP contribution in [0.4, 0.5) is 5.69 Å². The number of aliphatic hydroxyl groups is 1. The Balaban J connectivity index is 0.977. The zero-order valence-corrected chi connectivity index (χ0v) is 26.0. The number of fused-ring (bicyclic) bond motifs is 1. The summed E-state index contributed by atoms with van der Waals surface area (Å²) < 4.78 is 72.7. The second-order valence-electron chi connectivity index (χ2n) is 12.0. The van der Waals surface area contributed by atoms with E-state index >= 15 is 0 Å². The fourth-order valence-corrected chi connectivity index (χ4v) is 8.25. The van der Waals surface area contributed by atoms with Crippen molar-refractivity contribution in [2.24, 2.45) is 0 Å². The highest BCUT2D eigenvalue weighted by Crippen LogP contribution is 2.47. The molecule has 3 fully saturated rings. The van der Waals surface area contributed by atoms with Gasteiger partial charge in [-0.3, -0.25) is 0 Å². The van der Waals surface area contributed by atoms with Crippen LogP contribution in [0.2, 0.25) is 0 Å². The summed E-state index contributed by atoms with van der Waals surface area (Å²) in [6.07, 6.45) is 4.42. The van der Waals surface area contributed by atoms with Gasteiger partial charge in [-0.1, -0.05) is 6.07 Å². The molecule has 43 heavy (non-hydrogen) atoms. The number of hydrogen-bond donors (Lipinski definition) is 3. The number of sulfonamides is 2. The maximum absolute atomic E-state index is 13.5. The Kier molecular flexibility index (Phi) is 8.11. The lowest BCUT2D eigenvalue weighted by Crippen LogP contribution is -2.47. The summed E-state index contributed by atoms with van der Waals surface area (Å²) in [5, 5.41) is 13.8. The Morgan fingerprint density at radius 1 is 1.12 bits per heavy atom. The number of ether oxygens (including phenoxy) is 3. The first-order chi connectivity index (χ1) is 20.4. The molecule has 3 aliphatic heterocycles. The number of piperidine rings is 1. The zero-order valence-electron chi connectivity index (χ0n) is 24.4. The monoisotopic (exact) mass is 637 g/mol. The summed E-state index contributed by atoms with van der Waals surface area (Å²) in [6, 6.07) is 7.76. The van der Waals surface area contributed by atoms with Crippen LogP contribution in [0, 0.1) is 0 Å². The Morgan fingerprint density at radius 2 is 1.88 bits per heavy atom. The van der Waals surface area contributed by atoms with Gasteiger partial charge in [0.05, 0.1) is 29.8 Å². The second kappa shape index (κ2) is 11.4. The largest absolute Gasteiger partial charge is 0.491 e. The first kappa shape index (κ1) is 30.5. The maximum Gasteiger partial charge on any atom is 0.244 e. The van der Waals surface area contributed by atoms with E-state index in [2.05, 4.69) is 15.0 Å². The topological polar surface area (TPSA) is 160 Å². The number of aromatic nitrogens is 1. The van der Waals surface area contributed by atoms with Crippen LogP contribution in [0.1, 0.15) is 32.1 Å². The Hall–Kier alpha value is -2.53. The van der Waals surface area contributed by atoms with Crippen LogP contribution in [0.3, 0.4) is 0 Å². The van der Waals surface area contributed by atoms with Gasteiger partial charge < -0.3 is 29.5 Å². The number of anilines is 1. The number of hydrogen-bond acceptors (Lipinski definition) is 11. The van der Waals surface area contributed by atoms with E-state index in [0.29, 0.717) is 56.3 Å². The van der Waals surface area contributed by atoms with E-state index in [4.69, 9.17) is 14.2 Å². The quantitative estimate of drug-likeness (QED) is 0.337. The van der Waals surface area contributed by atoms with Crippen LogP contribution in [0.25, 0.3) is 0 Å². The average molecular weight is 638 g/mol. The normalized spacial score (nSPS) is 23.6. The minimum atomic E-state index is -3.72. The van der Waals surface area contributed by atoms with Gasteiger partial charge in [-0.25, -0.2) is 26.5 Å². The lowest BCUT2D eigenvalue weighted by molar-refractivity contribution is -0.0312. The van der Waals surface area contributed by atoms with Gasteiger partial charge in [0.15, 0.2) is 0 Å². The molecule has 0 radical (unpaired) electrons. The molecule has 0 bridgehead atoms. The number of nitrogens with one attached hydrogen (secondary N) is 2. The van der Waals surface area contributed by atoms with Gasteiger partial charge in [0.2, 0.25) is 25.9 Å². The van der Waals surface area contributed by atoms with E-state index in [9.17, 15) is 21.9 Å². The Bertz CT molecular complexity index is 1560. The molecule has 4 aliphatic rings. The minimum Gasteiger partial charge on any atom is -0.491 e. The van der Waals surface area contributed by atoms with Gasteiger partial charge in [-0.05, 0) is 57.4 Å². The predicted octanol–water partition coefficient (Wildman–Crippen LogP) is 0.693. The van der Waals surface area contributed by atoms with E-state index in [0.717, 1.165) is 19.4 Å². The molecule has 1 saturated carbocycles. The highest BCUT2D eigenvalue weighted by Gasteiger charge is 2.50. The van der Waals surface area contributed by atoms with Crippen LogP contribution in [0.5, 0.6) is 11.6 Å². The summed E-state index contributed by atoms with van der Waals surface area (Å²) in [5.41, 5.74) is 0.121. The second-order valence-corrected chi connectivity index (χ2v) is 15.8. The van der Waals surface area contributed by atoms with Crippen LogP contribution in [0.15, 0.2) is 46.3 Å². The molecule has 236 valence electrons. The Morgan fingerprint density at radius 3 is 2.60 bits per heavy atom. The van der Waals surface area contributed by atoms with E-state index in [1.807, 2.05) is 11.9 Å². The number of pyridine rings is 1. The van der Waals surface area contributed by atoms with E-state index in [-0.39, 0.29) is 34.6 Å².